The van der Waals surface area contributed by atoms with E-state index in [0.29, 0.717) is 10.8 Å². The highest BCUT2D eigenvalue weighted by atomic mass is 32.2. The summed E-state index contributed by atoms with van der Waals surface area (Å²) in [5, 5.41) is 0. The molecule has 2 rings (SSSR count). The van der Waals surface area contributed by atoms with Gasteiger partial charge in [0.15, 0.2) is 0 Å². The Balaban J connectivity index is 2.14. The number of aryl methyl sites for hydroxylation is 1. The number of hydrogen-bond donors (Lipinski definition) is 2. The second kappa shape index (κ2) is 5.79. The molecule has 102 valence electrons. The van der Waals surface area contributed by atoms with Gasteiger partial charge in [-0.2, -0.15) is 0 Å². The number of nitrogens with one attached hydrogen (secondary N) is 1. The Labute approximate surface area is 116 Å². The number of nitrogens with zero attached hydrogens (tertiary/aromatic N) is 1. The van der Waals surface area contributed by atoms with Crippen molar-refractivity contribution in [3.05, 3.63) is 46.6 Å². The van der Waals surface area contributed by atoms with E-state index in [9.17, 15) is 8.42 Å². The lowest BCUT2D eigenvalue weighted by molar-refractivity contribution is 0.583. The van der Waals surface area contributed by atoms with Crippen LogP contribution in [0, 0.1) is 6.92 Å². The first-order valence-corrected chi connectivity index (χ1v) is 8.01. The van der Waals surface area contributed by atoms with Gasteiger partial charge in [0.25, 0.3) is 0 Å². The van der Waals surface area contributed by atoms with Crippen LogP contribution in [0.2, 0.25) is 0 Å². The maximum Gasteiger partial charge on any atom is 0.250 e. The summed E-state index contributed by atoms with van der Waals surface area (Å²) in [6, 6.07) is 5.20. The number of hydrogen-bond acceptors (Lipinski definition) is 5. The van der Waals surface area contributed by atoms with Gasteiger partial charge >= 0.3 is 0 Å². The monoisotopic (exact) mass is 297 g/mol. The summed E-state index contributed by atoms with van der Waals surface area (Å²) >= 11 is 1.21. The van der Waals surface area contributed by atoms with Crippen LogP contribution in [0.5, 0.6) is 0 Å². The molecule has 0 radical (unpaired) electrons. The zero-order chi connectivity index (χ0) is 13.9. The maximum atomic E-state index is 12.1. The van der Waals surface area contributed by atoms with E-state index in [4.69, 9.17) is 5.73 Å². The molecule has 2 aromatic heterocycles. The van der Waals surface area contributed by atoms with Crippen molar-refractivity contribution in [2.75, 3.05) is 0 Å². The lowest BCUT2D eigenvalue weighted by atomic mass is 10.3. The predicted octanol–water partition coefficient (Wildman–Crippen LogP) is 1.39. The van der Waals surface area contributed by atoms with Crippen molar-refractivity contribution >= 4 is 21.4 Å². The van der Waals surface area contributed by atoms with E-state index in [0.717, 1.165) is 16.0 Å². The van der Waals surface area contributed by atoms with Gasteiger partial charge in [-0.1, -0.05) is 0 Å². The average Bonchev–Trinajstić information content (AvgIpc) is 2.80. The number of sulfonamides is 1. The minimum Gasteiger partial charge on any atom is -0.326 e. The first-order valence-electron chi connectivity index (χ1n) is 5.71. The molecule has 0 spiro atoms. The van der Waals surface area contributed by atoms with Crippen LogP contribution >= 0.6 is 11.3 Å². The Morgan fingerprint density at radius 2 is 2.05 bits per heavy atom. The lowest BCUT2D eigenvalue weighted by Crippen LogP contribution is -2.22. The van der Waals surface area contributed by atoms with Gasteiger partial charge < -0.3 is 5.73 Å². The van der Waals surface area contributed by atoms with Crippen molar-refractivity contribution in [1.82, 2.24) is 9.71 Å². The molecule has 3 N–H and O–H groups in total. The molecule has 2 heterocycles. The van der Waals surface area contributed by atoms with Gasteiger partial charge in [0.05, 0.1) is 0 Å². The van der Waals surface area contributed by atoms with Crippen molar-refractivity contribution in [2.45, 2.75) is 24.2 Å². The number of nitrogens with two attached hydrogens (primary N) is 1. The largest absolute Gasteiger partial charge is 0.326 e. The highest BCUT2D eigenvalue weighted by molar-refractivity contribution is 7.91. The van der Waals surface area contributed by atoms with Crippen LogP contribution in [-0.2, 0) is 23.1 Å². The molecule has 0 aliphatic heterocycles. The summed E-state index contributed by atoms with van der Waals surface area (Å²) < 4.78 is 27.1. The van der Waals surface area contributed by atoms with Crippen molar-refractivity contribution in [2.24, 2.45) is 5.73 Å². The lowest BCUT2D eigenvalue weighted by Gasteiger charge is -2.04. The molecule has 0 unspecified atom stereocenters. The minimum absolute atomic E-state index is 0.250. The Morgan fingerprint density at radius 3 is 2.63 bits per heavy atom. The van der Waals surface area contributed by atoms with Gasteiger partial charge in [0.1, 0.15) is 4.21 Å². The summed E-state index contributed by atoms with van der Waals surface area (Å²) in [4.78, 5) is 4.78. The zero-order valence-corrected chi connectivity index (χ0v) is 12.1. The molecule has 5 nitrogen and oxygen atoms in total. The van der Waals surface area contributed by atoms with Gasteiger partial charge in [0, 0.05) is 30.4 Å². The number of pyridine rings is 1. The van der Waals surface area contributed by atoms with Crippen LogP contribution in [0.3, 0.4) is 0 Å². The first-order chi connectivity index (χ1) is 9.03. The van der Waals surface area contributed by atoms with Gasteiger partial charge in [-0.15, -0.1) is 11.3 Å². The normalized spacial score (nSPS) is 11.7. The van der Waals surface area contributed by atoms with Crippen LogP contribution < -0.4 is 10.5 Å². The first kappa shape index (κ1) is 14.1. The molecule has 0 aliphatic rings. The quantitative estimate of drug-likeness (QED) is 0.873. The van der Waals surface area contributed by atoms with Crippen LogP contribution in [0.4, 0.5) is 0 Å². The molecule has 0 atom stereocenters. The van der Waals surface area contributed by atoms with E-state index >= 15 is 0 Å². The standard InChI is InChI=1S/C12H15N3O2S2/c1-9-6-12(18-11(9)7-13)19(16,17)15-8-10-2-4-14-5-3-10/h2-6,15H,7-8,13H2,1H3. The molecule has 2 aromatic rings. The SMILES string of the molecule is Cc1cc(S(=O)(=O)NCc2ccncc2)sc1CN. The van der Waals surface area contributed by atoms with Crippen molar-refractivity contribution in [3.63, 3.8) is 0 Å². The van der Waals surface area contributed by atoms with E-state index in [1.807, 2.05) is 6.92 Å². The average molecular weight is 297 g/mol. The summed E-state index contributed by atoms with van der Waals surface area (Å²) in [6.07, 6.45) is 3.26. The number of rotatable bonds is 5. The Bertz CT molecular complexity index is 651. The highest BCUT2D eigenvalue weighted by Gasteiger charge is 2.18. The Morgan fingerprint density at radius 1 is 1.37 bits per heavy atom. The van der Waals surface area contributed by atoms with Gasteiger partial charge in [-0.3, -0.25) is 4.98 Å². The molecule has 7 heteroatoms. The van der Waals surface area contributed by atoms with E-state index < -0.39 is 10.0 Å². The minimum atomic E-state index is -3.48. The fraction of sp³-hybridized carbons (Fsp3) is 0.250. The third-order valence-electron chi connectivity index (χ3n) is 2.66. The third-order valence-corrected chi connectivity index (χ3v) is 5.80. The molecule has 0 bridgehead atoms. The molecular weight excluding hydrogens is 282 g/mol. The van der Waals surface area contributed by atoms with Gasteiger partial charge in [-0.25, -0.2) is 13.1 Å². The van der Waals surface area contributed by atoms with Crippen LogP contribution in [0.1, 0.15) is 16.0 Å². The van der Waals surface area contributed by atoms with E-state index in [1.165, 1.54) is 11.3 Å². The molecule has 0 amide bonds. The van der Waals surface area contributed by atoms with Crippen molar-refractivity contribution in [3.8, 4) is 0 Å². The Hall–Kier alpha value is -1.28. The second-order valence-electron chi connectivity index (χ2n) is 4.06. The fourth-order valence-corrected chi connectivity index (χ4v) is 4.10. The van der Waals surface area contributed by atoms with Gasteiger partial charge in [0.2, 0.25) is 10.0 Å². The number of thiophene rings is 1. The fourth-order valence-electron chi connectivity index (χ4n) is 1.57. The molecule has 0 aromatic carbocycles. The predicted molar refractivity (Wildman–Crippen MR) is 75.2 cm³/mol. The smallest absolute Gasteiger partial charge is 0.250 e. The summed E-state index contributed by atoms with van der Waals surface area (Å²) in [6.45, 7) is 2.47. The molecule has 19 heavy (non-hydrogen) atoms. The summed E-state index contributed by atoms with van der Waals surface area (Å²) in [5.41, 5.74) is 7.34. The topological polar surface area (TPSA) is 85.1 Å². The van der Waals surface area contributed by atoms with Gasteiger partial charge in [-0.05, 0) is 36.2 Å². The summed E-state index contributed by atoms with van der Waals surface area (Å²) in [5.74, 6) is 0. The Kier molecular flexibility index (Phi) is 4.31. The van der Waals surface area contributed by atoms with Crippen molar-refractivity contribution in [1.29, 1.82) is 0 Å². The maximum absolute atomic E-state index is 12.1. The molecule has 0 saturated carbocycles. The number of aromatic nitrogens is 1. The molecular formula is C12H15N3O2S2. The highest BCUT2D eigenvalue weighted by Crippen LogP contribution is 2.25. The second-order valence-corrected chi connectivity index (χ2v) is 7.19. The van der Waals surface area contributed by atoms with E-state index in [-0.39, 0.29) is 6.54 Å². The van der Waals surface area contributed by atoms with Crippen molar-refractivity contribution < 1.29 is 8.42 Å². The molecule has 0 fully saturated rings. The third kappa shape index (κ3) is 3.38. The van der Waals surface area contributed by atoms with E-state index in [2.05, 4.69) is 9.71 Å². The summed E-state index contributed by atoms with van der Waals surface area (Å²) in [7, 11) is -3.48. The van der Waals surface area contributed by atoms with E-state index in [1.54, 1.807) is 30.6 Å². The van der Waals surface area contributed by atoms with Crippen LogP contribution in [-0.4, -0.2) is 13.4 Å². The molecule has 0 aliphatic carbocycles. The van der Waals surface area contributed by atoms with Crippen LogP contribution in [0.25, 0.3) is 0 Å². The molecule has 0 saturated heterocycles. The zero-order valence-electron chi connectivity index (χ0n) is 10.5. The van der Waals surface area contributed by atoms with Crippen LogP contribution in [0.15, 0.2) is 34.8 Å².